The number of carbonyl (C=O) groups excluding carboxylic acids is 1. The minimum Gasteiger partial charge on any atom is -0.459 e. The summed E-state index contributed by atoms with van der Waals surface area (Å²) in [5.41, 5.74) is 2.21. The van der Waals surface area contributed by atoms with Crippen LogP contribution in [0.4, 0.5) is 4.39 Å². The highest BCUT2D eigenvalue weighted by atomic mass is 32.2. The molecule has 0 aliphatic carbocycles. The number of morpholine rings is 1. The van der Waals surface area contributed by atoms with E-state index < -0.39 is 15.9 Å². The van der Waals surface area contributed by atoms with E-state index in [9.17, 15) is 17.6 Å². The van der Waals surface area contributed by atoms with Gasteiger partial charge in [-0.25, -0.2) is 12.8 Å². The molecule has 1 amide bonds. The molecule has 0 saturated carbocycles. The van der Waals surface area contributed by atoms with Gasteiger partial charge < -0.3 is 14.5 Å². The van der Waals surface area contributed by atoms with Crippen LogP contribution < -0.4 is 5.32 Å². The van der Waals surface area contributed by atoms with Crippen molar-refractivity contribution < 1.29 is 26.8 Å². The number of nitrogens with one attached hydrogen (secondary N) is 1. The zero-order valence-corrected chi connectivity index (χ0v) is 18.1. The van der Waals surface area contributed by atoms with Gasteiger partial charge in [0, 0.05) is 29.6 Å². The van der Waals surface area contributed by atoms with Crippen molar-refractivity contribution >= 4 is 26.9 Å². The molecule has 0 spiro atoms. The molecule has 1 saturated heterocycles. The van der Waals surface area contributed by atoms with Crippen LogP contribution in [0, 0.1) is 19.7 Å². The van der Waals surface area contributed by atoms with E-state index in [1.165, 1.54) is 28.6 Å². The zero-order valence-electron chi connectivity index (χ0n) is 17.3. The number of fused-ring (bicyclic) bond motifs is 1. The maximum atomic E-state index is 13.5. The Morgan fingerprint density at radius 2 is 1.87 bits per heavy atom. The predicted molar refractivity (Wildman–Crippen MR) is 113 cm³/mol. The number of carbonyl (C=O) groups is 1. The van der Waals surface area contributed by atoms with Crippen LogP contribution in [0.1, 0.15) is 27.2 Å². The lowest BCUT2D eigenvalue weighted by Gasteiger charge is -2.26. The number of furan rings is 1. The van der Waals surface area contributed by atoms with Crippen molar-refractivity contribution in [2.45, 2.75) is 25.3 Å². The standard InChI is InChI=1S/C22H23FN2O5S/c1-14-3-5-17(31(27,28)25-7-9-29-10-8-25)12-18(14)22(26)24-13-21-15(2)19-11-16(23)4-6-20(19)30-21/h3-6,11-12H,7-10,13H2,1-2H3,(H,24,26). The molecular formula is C22H23FN2O5S. The summed E-state index contributed by atoms with van der Waals surface area (Å²) in [6.45, 7) is 4.90. The number of nitrogens with zero attached hydrogens (tertiary/aromatic N) is 1. The summed E-state index contributed by atoms with van der Waals surface area (Å²) in [7, 11) is -3.71. The first kappa shape index (κ1) is 21.5. The molecule has 1 fully saturated rings. The quantitative estimate of drug-likeness (QED) is 0.651. The van der Waals surface area contributed by atoms with Gasteiger partial charge >= 0.3 is 0 Å². The fourth-order valence-electron chi connectivity index (χ4n) is 3.61. The third-order valence-corrected chi connectivity index (χ3v) is 7.36. The first-order chi connectivity index (χ1) is 14.8. The molecule has 1 aromatic heterocycles. The van der Waals surface area contributed by atoms with Crippen LogP contribution >= 0.6 is 0 Å². The average Bonchev–Trinajstić information content (AvgIpc) is 3.08. The normalized spacial score (nSPS) is 15.3. The summed E-state index contributed by atoms with van der Waals surface area (Å²) in [5, 5.41) is 3.43. The molecule has 1 aliphatic rings. The Bertz CT molecular complexity index is 1250. The Kier molecular flexibility index (Phi) is 5.83. The van der Waals surface area contributed by atoms with Gasteiger partial charge in [0.15, 0.2) is 0 Å². The van der Waals surface area contributed by atoms with E-state index in [1.807, 2.05) is 0 Å². The Morgan fingerprint density at radius 3 is 2.61 bits per heavy atom. The number of aryl methyl sites for hydroxylation is 2. The molecule has 0 atom stereocenters. The van der Waals surface area contributed by atoms with Crippen molar-refractivity contribution in [3.05, 3.63) is 64.7 Å². The first-order valence-corrected chi connectivity index (χ1v) is 11.4. The van der Waals surface area contributed by atoms with Crippen LogP contribution in [-0.2, 0) is 21.3 Å². The second kappa shape index (κ2) is 8.41. The van der Waals surface area contributed by atoms with E-state index in [0.29, 0.717) is 35.5 Å². The number of rotatable bonds is 5. The summed E-state index contributed by atoms with van der Waals surface area (Å²) >= 11 is 0. The number of benzene rings is 2. The van der Waals surface area contributed by atoms with Gasteiger partial charge in [-0.3, -0.25) is 4.79 Å². The van der Waals surface area contributed by atoms with Crippen molar-refractivity contribution in [2.24, 2.45) is 0 Å². The third kappa shape index (κ3) is 4.21. The Hall–Kier alpha value is -2.75. The fourth-order valence-corrected chi connectivity index (χ4v) is 5.05. The maximum Gasteiger partial charge on any atom is 0.251 e. The zero-order chi connectivity index (χ0) is 22.2. The second-order valence-electron chi connectivity index (χ2n) is 7.47. The van der Waals surface area contributed by atoms with Crippen molar-refractivity contribution in [1.29, 1.82) is 0 Å². The highest BCUT2D eigenvalue weighted by Crippen LogP contribution is 2.26. The summed E-state index contributed by atoms with van der Waals surface area (Å²) in [5.74, 6) is -0.257. The molecular weight excluding hydrogens is 423 g/mol. The molecule has 7 nitrogen and oxygen atoms in total. The van der Waals surface area contributed by atoms with Crippen molar-refractivity contribution in [2.75, 3.05) is 26.3 Å². The van der Waals surface area contributed by atoms with Gasteiger partial charge in [-0.15, -0.1) is 0 Å². The predicted octanol–water partition coefficient (Wildman–Crippen LogP) is 3.14. The van der Waals surface area contributed by atoms with Gasteiger partial charge in [-0.2, -0.15) is 4.31 Å². The molecule has 0 unspecified atom stereocenters. The van der Waals surface area contributed by atoms with Gasteiger partial charge in [-0.05, 0) is 49.7 Å². The van der Waals surface area contributed by atoms with Gasteiger partial charge in [0.05, 0.1) is 24.7 Å². The fraction of sp³-hybridized carbons (Fsp3) is 0.318. The van der Waals surface area contributed by atoms with Gasteiger partial charge in [-0.1, -0.05) is 6.07 Å². The number of hydrogen-bond donors (Lipinski definition) is 1. The molecule has 2 aromatic carbocycles. The molecule has 2 heterocycles. The Balaban J connectivity index is 1.55. The molecule has 1 aliphatic heterocycles. The van der Waals surface area contributed by atoms with Crippen LogP contribution in [0.5, 0.6) is 0 Å². The van der Waals surface area contributed by atoms with Gasteiger partial charge in [0.25, 0.3) is 5.91 Å². The number of hydrogen-bond acceptors (Lipinski definition) is 5. The van der Waals surface area contributed by atoms with E-state index in [-0.39, 0.29) is 35.9 Å². The summed E-state index contributed by atoms with van der Waals surface area (Å²) < 4.78 is 51.7. The molecule has 1 N–H and O–H groups in total. The SMILES string of the molecule is Cc1ccc(S(=O)(=O)N2CCOCC2)cc1C(=O)NCc1oc2ccc(F)cc2c1C. The highest BCUT2D eigenvalue weighted by Gasteiger charge is 2.27. The Morgan fingerprint density at radius 1 is 1.13 bits per heavy atom. The lowest BCUT2D eigenvalue weighted by molar-refractivity contribution is 0.0730. The van der Waals surface area contributed by atoms with Gasteiger partial charge in [0.1, 0.15) is 17.2 Å². The summed E-state index contributed by atoms with van der Waals surface area (Å²) in [6.07, 6.45) is 0. The number of sulfonamides is 1. The summed E-state index contributed by atoms with van der Waals surface area (Å²) in [6, 6.07) is 8.79. The van der Waals surface area contributed by atoms with E-state index in [0.717, 1.165) is 5.56 Å². The second-order valence-corrected chi connectivity index (χ2v) is 9.40. The smallest absolute Gasteiger partial charge is 0.251 e. The minimum atomic E-state index is -3.71. The topological polar surface area (TPSA) is 88.8 Å². The van der Waals surface area contributed by atoms with Crippen LogP contribution in [0.3, 0.4) is 0 Å². The number of halogens is 1. The molecule has 0 radical (unpaired) electrons. The minimum absolute atomic E-state index is 0.0699. The van der Waals surface area contributed by atoms with Crippen LogP contribution in [0.15, 0.2) is 45.7 Å². The lowest BCUT2D eigenvalue weighted by Crippen LogP contribution is -2.40. The molecule has 0 bridgehead atoms. The van der Waals surface area contributed by atoms with Crippen LogP contribution in [0.25, 0.3) is 11.0 Å². The largest absolute Gasteiger partial charge is 0.459 e. The molecule has 3 aromatic rings. The van der Waals surface area contributed by atoms with E-state index in [1.54, 1.807) is 26.0 Å². The van der Waals surface area contributed by atoms with Crippen molar-refractivity contribution in [3.8, 4) is 0 Å². The van der Waals surface area contributed by atoms with Crippen LogP contribution in [0.2, 0.25) is 0 Å². The molecule has 4 rings (SSSR count). The maximum absolute atomic E-state index is 13.5. The molecule has 9 heteroatoms. The third-order valence-electron chi connectivity index (χ3n) is 5.47. The average molecular weight is 447 g/mol. The van der Waals surface area contributed by atoms with Crippen LogP contribution in [-0.4, -0.2) is 44.9 Å². The lowest BCUT2D eigenvalue weighted by atomic mass is 10.1. The molecule has 31 heavy (non-hydrogen) atoms. The first-order valence-electron chi connectivity index (χ1n) is 9.91. The van der Waals surface area contributed by atoms with Crippen molar-refractivity contribution in [1.82, 2.24) is 9.62 Å². The van der Waals surface area contributed by atoms with E-state index >= 15 is 0 Å². The Labute approximate surface area is 179 Å². The molecule has 164 valence electrons. The van der Waals surface area contributed by atoms with E-state index in [4.69, 9.17) is 9.15 Å². The number of amides is 1. The van der Waals surface area contributed by atoms with Gasteiger partial charge in [0.2, 0.25) is 10.0 Å². The monoisotopic (exact) mass is 446 g/mol. The van der Waals surface area contributed by atoms with Crippen molar-refractivity contribution in [3.63, 3.8) is 0 Å². The number of ether oxygens (including phenoxy) is 1. The van der Waals surface area contributed by atoms with E-state index in [2.05, 4.69) is 5.32 Å². The summed E-state index contributed by atoms with van der Waals surface area (Å²) in [4.78, 5) is 12.9. The highest BCUT2D eigenvalue weighted by molar-refractivity contribution is 7.89.